The molecular formula is C15H29NO. The van der Waals surface area contributed by atoms with Gasteiger partial charge in [0, 0.05) is 25.3 Å². The smallest absolute Gasteiger partial charge is 0.0480 e. The standard InChI is InChI=1S/C15H29NO/c1-15(2,3)13-6-4-5-7-14(13)16-12-8-10-17-11-9-12/h12-14,16H,4-11H2,1-3H3. The molecule has 0 spiro atoms. The average Bonchev–Trinajstić information content (AvgIpc) is 2.30. The van der Waals surface area contributed by atoms with E-state index in [1.807, 2.05) is 0 Å². The van der Waals surface area contributed by atoms with Gasteiger partial charge in [-0.1, -0.05) is 33.6 Å². The summed E-state index contributed by atoms with van der Waals surface area (Å²) in [7, 11) is 0. The Balaban J connectivity index is 1.91. The zero-order valence-corrected chi connectivity index (χ0v) is 11.8. The molecule has 2 fully saturated rings. The minimum Gasteiger partial charge on any atom is -0.381 e. The summed E-state index contributed by atoms with van der Waals surface area (Å²) in [6, 6.07) is 1.45. The minimum absolute atomic E-state index is 0.448. The van der Waals surface area contributed by atoms with Gasteiger partial charge in [0.25, 0.3) is 0 Å². The SMILES string of the molecule is CC(C)(C)C1CCCCC1NC1CCOCC1. The highest BCUT2D eigenvalue weighted by atomic mass is 16.5. The van der Waals surface area contributed by atoms with Gasteiger partial charge in [-0.3, -0.25) is 0 Å². The Kier molecular flexibility index (Phi) is 4.48. The van der Waals surface area contributed by atoms with Gasteiger partial charge in [-0.05, 0) is 37.0 Å². The van der Waals surface area contributed by atoms with E-state index >= 15 is 0 Å². The van der Waals surface area contributed by atoms with Gasteiger partial charge in [0.05, 0.1) is 0 Å². The highest BCUT2D eigenvalue weighted by Gasteiger charge is 2.35. The van der Waals surface area contributed by atoms with Crippen LogP contribution in [-0.2, 0) is 4.74 Å². The average molecular weight is 239 g/mol. The van der Waals surface area contributed by atoms with E-state index in [0.29, 0.717) is 11.5 Å². The molecule has 2 nitrogen and oxygen atoms in total. The van der Waals surface area contributed by atoms with Crippen LogP contribution in [0.3, 0.4) is 0 Å². The van der Waals surface area contributed by atoms with Crippen molar-refractivity contribution >= 4 is 0 Å². The zero-order valence-electron chi connectivity index (χ0n) is 11.8. The minimum atomic E-state index is 0.448. The topological polar surface area (TPSA) is 21.3 Å². The van der Waals surface area contributed by atoms with E-state index in [1.54, 1.807) is 0 Å². The van der Waals surface area contributed by atoms with Gasteiger partial charge >= 0.3 is 0 Å². The van der Waals surface area contributed by atoms with Gasteiger partial charge in [-0.25, -0.2) is 0 Å². The summed E-state index contributed by atoms with van der Waals surface area (Å²) in [5.74, 6) is 0.846. The van der Waals surface area contributed by atoms with Crippen LogP contribution in [0, 0.1) is 11.3 Å². The van der Waals surface area contributed by atoms with E-state index in [9.17, 15) is 0 Å². The molecule has 1 heterocycles. The Labute approximate surface area is 107 Å². The molecule has 2 unspecified atom stereocenters. The Bertz CT molecular complexity index is 228. The molecule has 0 aromatic rings. The van der Waals surface area contributed by atoms with Gasteiger partial charge in [0.2, 0.25) is 0 Å². The Morgan fingerprint density at radius 2 is 1.59 bits per heavy atom. The van der Waals surface area contributed by atoms with E-state index in [2.05, 4.69) is 26.1 Å². The monoisotopic (exact) mass is 239 g/mol. The predicted molar refractivity (Wildman–Crippen MR) is 72.2 cm³/mol. The maximum atomic E-state index is 5.44. The highest BCUT2D eigenvalue weighted by molar-refractivity contribution is 4.90. The Morgan fingerprint density at radius 3 is 2.24 bits per heavy atom. The molecule has 1 aliphatic carbocycles. The Morgan fingerprint density at radius 1 is 0.941 bits per heavy atom. The Hall–Kier alpha value is -0.0800. The summed E-state index contributed by atoms with van der Waals surface area (Å²) >= 11 is 0. The number of hydrogen-bond donors (Lipinski definition) is 1. The summed E-state index contributed by atoms with van der Waals surface area (Å²) in [5, 5.41) is 3.93. The molecule has 2 rings (SSSR count). The summed E-state index contributed by atoms with van der Waals surface area (Å²) in [6.45, 7) is 9.11. The van der Waals surface area contributed by atoms with Gasteiger partial charge in [-0.15, -0.1) is 0 Å². The van der Waals surface area contributed by atoms with Crippen molar-refractivity contribution in [2.45, 2.75) is 71.4 Å². The third kappa shape index (κ3) is 3.69. The molecule has 0 aromatic heterocycles. The van der Waals surface area contributed by atoms with Crippen LogP contribution < -0.4 is 5.32 Å². The quantitative estimate of drug-likeness (QED) is 0.798. The van der Waals surface area contributed by atoms with Gasteiger partial charge < -0.3 is 10.1 Å². The first-order chi connectivity index (χ1) is 8.07. The largest absolute Gasteiger partial charge is 0.381 e. The summed E-state index contributed by atoms with van der Waals surface area (Å²) < 4.78 is 5.44. The second-order valence-corrected chi connectivity index (χ2v) is 6.92. The van der Waals surface area contributed by atoms with Crippen molar-refractivity contribution in [3.8, 4) is 0 Å². The molecule has 17 heavy (non-hydrogen) atoms. The molecule has 0 aromatic carbocycles. The van der Waals surface area contributed by atoms with E-state index in [1.165, 1.54) is 38.5 Å². The third-order valence-corrected chi connectivity index (χ3v) is 4.55. The van der Waals surface area contributed by atoms with E-state index in [4.69, 9.17) is 4.74 Å². The number of rotatable bonds is 2. The van der Waals surface area contributed by atoms with Crippen LogP contribution in [0.4, 0.5) is 0 Å². The molecule has 0 amide bonds. The third-order valence-electron chi connectivity index (χ3n) is 4.55. The van der Waals surface area contributed by atoms with E-state index in [-0.39, 0.29) is 0 Å². The van der Waals surface area contributed by atoms with E-state index < -0.39 is 0 Å². The van der Waals surface area contributed by atoms with Crippen LogP contribution in [-0.4, -0.2) is 25.3 Å². The number of nitrogens with one attached hydrogen (secondary N) is 1. The van der Waals surface area contributed by atoms with Crippen LogP contribution in [0.25, 0.3) is 0 Å². The molecule has 0 bridgehead atoms. The predicted octanol–water partition coefficient (Wildman–Crippen LogP) is 3.36. The van der Waals surface area contributed by atoms with Crippen LogP contribution in [0.15, 0.2) is 0 Å². The van der Waals surface area contributed by atoms with Crippen LogP contribution >= 0.6 is 0 Å². The van der Waals surface area contributed by atoms with Gasteiger partial charge in [0.15, 0.2) is 0 Å². The first kappa shape index (κ1) is 13.4. The van der Waals surface area contributed by atoms with Crippen molar-refractivity contribution in [2.75, 3.05) is 13.2 Å². The number of hydrogen-bond acceptors (Lipinski definition) is 2. The lowest BCUT2D eigenvalue weighted by Crippen LogP contribution is -2.49. The van der Waals surface area contributed by atoms with Crippen molar-refractivity contribution in [3.63, 3.8) is 0 Å². The number of ether oxygens (including phenoxy) is 1. The lowest BCUT2D eigenvalue weighted by Gasteiger charge is -2.43. The fourth-order valence-electron chi connectivity index (χ4n) is 3.53. The normalized spacial score (nSPS) is 32.6. The van der Waals surface area contributed by atoms with Gasteiger partial charge in [0.1, 0.15) is 0 Å². The maximum Gasteiger partial charge on any atom is 0.0480 e. The van der Waals surface area contributed by atoms with E-state index in [0.717, 1.165) is 25.2 Å². The van der Waals surface area contributed by atoms with Gasteiger partial charge in [-0.2, -0.15) is 0 Å². The summed E-state index contributed by atoms with van der Waals surface area (Å²) in [6.07, 6.45) is 8.02. The van der Waals surface area contributed by atoms with Crippen molar-refractivity contribution in [2.24, 2.45) is 11.3 Å². The molecule has 0 radical (unpaired) electrons. The molecule has 100 valence electrons. The molecule has 1 N–H and O–H groups in total. The van der Waals surface area contributed by atoms with Crippen molar-refractivity contribution in [1.29, 1.82) is 0 Å². The van der Waals surface area contributed by atoms with Crippen LogP contribution in [0.2, 0.25) is 0 Å². The first-order valence-corrected chi connectivity index (χ1v) is 7.41. The van der Waals surface area contributed by atoms with Crippen molar-refractivity contribution in [3.05, 3.63) is 0 Å². The summed E-state index contributed by atoms with van der Waals surface area (Å²) in [4.78, 5) is 0. The molecule has 2 atom stereocenters. The first-order valence-electron chi connectivity index (χ1n) is 7.41. The fourth-order valence-corrected chi connectivity index (χ4v) is 3.53. The zero-order chi connectivity index (χ0) is 12.3. The maximum absolute atomic E-state index is 5.44. The molecule has 1 saturated carbocycles. The molecule has 1 saturated heterocycles. The summed E-state index contributed by atoms with van der Waals surface area (Å²) in [5.41, 5.74) is 0.448. The highest BCUT2D eigenvalue weighted by Crippen LogP contribution is 2.38. The van der Waals surface area contributed by atoms with Crippen molar-refractivity contribution < 1.29 is 4.74 Å². The second-order valence-electron chi connectivity index (χ2n) is 6.92. The molecule has 2 aliphatic rings. The van der Waals surface area contributed by atoms with Crippen LogP contribution in [0.5, 0.6) is 0 Å². The fraction of sp³-hybridized carbons (Fsp3) is 1.00. The molecular weight excluding hydrogens is 210 g/mol. The second kappa shape index (κ2) is 5.71. The lowest BCUT2D eigenvalue weighted by molar-refractivity contribution is 0.0588. The van der Waals surface area contributed by atoms with Crippen molar-refractivity contribution in [1.82, 2.24) is 5.32 Å². The lowest BCUT2D eigenvalue weighted by atomic mass is 9.69. The molecule has 2 heteroatoms. The van der Waals surface area contributed by atoms with Crippen LogP contribution in [0.1, 0.15) is 59.3 Å². The molecule has 1 aliphatic heterocycles.